The molecule has 0 aromatic heterocycles. The molecular weight excluding hydrogens is 636 g/mol. The van der Waals surface area contributed by atoms with Crippen molar-refractivity contribution >= 4 is 11.7 Å². The first-order chi connectivity index (χ1) is 24.9. The van der Waals surface area contributed by atoms with Gasteiger partial charge in [-0.05, 0) is 79.6 Å². The Balaban J connectivity index is 1.20. The second-order valence-electron chi connectivity index (χ2n) is 13.7. The van der Waals surface area contributed by atoms with Crippen LogP contribution >= 0.6 is 0 Å². The molecule has 7 heteroatoms. The van der Waals surface area contributed by atoms with Gasteiger partial charge in [-0.2, -0.15) is 0 Å². The molecule has 0 radical (unpaired) electrons. The number of carbonyl (C=O) groups is 2. The first-order valence-electron chi connectivity index (χ1n) is 19.5. The number of rotatable bonds is 28. The van der Waals surface area contributed by atoms with E-state index in [0.717, 1.165) is 40.2 Å². The molecular formula is C44H64N2O5. The molecule has 0 aliphatic carbocycles. The number of hydrogen-bond acceptors (Lipinski definition) is 6. The molecule has 3 aromatic rings. The van der Waals surface area contributed by atoms with E-state index >= 15 is 0 Å². The number of nitrogens with two attached hydrogens (primary N) is 1. The molecule has 0 saturated heterocycles. The van der Waals surface area contributed by atoms with Crippen molar-refractivity contribution in [1.29, 1.82) is 0 Å². The standard InChI is InChI=1S/C44H64N2O5/c1-4-5-6-7-8-9-10-11-12-13-19-29-51-42-34-39(33-35(2)36(42)3)41(47)22-17-18-23-43(48)46-28-30-49-31-32-50-40-26-24-38(25-27-40)44(45)37-20-15-14-16-21-37/h14-16,20-21,24-27,33-34,44H,4-13,17-19,22-23,28-32,45H2,1-3H3,(H,46,48). The first-order valence-corrected chi connectivity index (χ1v) is 19.5. The minimum Gasteiger partial charge on any atom is -0.493 e. The highest BCUT2D eigenvalue weighted by Gasteiger charge is 2.13. The van der Waals surface area contributed by atoms with Crippen LogP contribution in [0.3, 0.4) is 0 Å². The summed E-state index contributed by atoms with van der Waals surface area (Å²) in [4.78, 5) is 25.3. The predicted octanol–water partition coefficient (Wildman–Crippen LogP) is 10.00. The van der Waals surface area contributed by atoms with Crippen LogP contribution in [0.15, 0.2) is 66.7 Å². The van der Waals surface area contributed by atoms with E-state index < -0.39 is 0 Å². The second-order valence-corrected chi connectivity index (χ2v) is 13.7. The van der Waals surface area contributed by atoms with E-state index in [2.05, 4.69) is 19.2 Å². The van der Waals surface area contributed by atoms with Gasteiger partial charge in [-0.25, -0.2) is 0 Å². The van der Waals surface area contributed by atoms with Gasteiger partial charge >= 0.3 is 0 Å². The highest BCUT2D eigenvalue weighted by atomic mass is 16.5. The fourth-order valence-corrected chi connectivity index (χ4v) is 6.10. The third kappa shape index (κ3) is 16.9. The number of carbonyl (C=O) groups excluding carboxylic acids is 2. The maximum Gasteiger partial charge on any atom is 0.220 e. The lowest BCUT2D eigenvalue weighted by Gasteiger charge is -2.13. The van der Waals surface area contributed by atoms with Crippen molar-refractivity contribution in [2.24, 2.45) is 5.73 Å². The lowest BCUT2D eigenvalue weighted by atomic mass is 9.99. The molecule has 0 bridgehead atoms. The molecule has 3 rings (SSSR count). The summed E-state index contributed by atoms with van der Waals surface area (Å²) in [6.07, 6.45) is 16.5. The molecule has 280 valence electrons. The molecule has 3 aromatic carbocycles. The van der Waals surface area contributed by atoms with Crippen LogP contribution in [-0.2, 0) is 9.53 Å². The molecule has 1 unspecified atom stereocenters. The van der Waals surface area contributed by atoms with Gasteiger partial charge in [-0.1, -0.05) is 114 Å². The molecule has 0 saturated carbocycles. The Bertz CT molecular complexity index is 1390. The zero-order valence-electron chi connectivity index (χ0n) is 31.7. The van der Waals surface area contributed by atoms with E-state index in [4.69, 9.17) is 19.9 Å². The van der Waals surface area contributed by atoms with Crippen LogP contribution < -0.4 is 20.5 Å². The predicted molar refractivity (Wildman–Crippen MR) is 209 cm³/mol. The van der Waals surface area contributed by atoms with Gasteiger partial charge in [0.2, 0.25) is 5.91 Å². The lowest BCUT2D eigenvalue weighted by molar-refractivity contribution is -0.121. The summed E-state index contributed by atoms with van der Waals surface area (Å²) in [7, 11) is 0. The highest BCUT2D eigenvalue weighted by molar-refractivity contribution is 5.96. The summed E-state index contributed by atoms with van der Waals surface area (Å²) < 4.78 is 17.5. The Morgan fingerprint density at radius 1 is 0.667 bits per heavy atom. The number of benzene rings is 3. The van der Waals surface area contributed by atoms with Crippen LogP contribution in [0.5, 0.6) is 11.5 Å². The van der Waals surface area contributed by atoms with Crippen LogP contribution in [0.1, 0.15) is 142 Å². The normalized spacial score (nSPS) is 11.7. The van der Waals surface area contributed by atoms with E-state index in [-0.39, 0.29) is 17.7 Å². The number of Topliss-reactive ketones (excluding diaryl/α,β-unsaturated/α-hetero) is 1. The van der Waals surface area contributed by atoms with Gasteiger partial charge in [0.1, 0.15) is 18.1 Å². The molecule has 0 aliphatic heterocycles. The van der Waals surface area contributed by atoms with E-state index in [9.17, 15) is 9.59 Å². The van der Waals surface area contributed by atoms with Gasteiger partial charge in [0, 0.05) is 24.9 Å². The molecule has 0 aliphatic rings. The number of amides is 1. The smallest absolute Gasteiger partial charge is 0.220 e. The number of aryl methyl sites for hydroxylation is 1. The SMILES string of the molecule is CCCCCCCCCCCCCOc1cc(C(=O)CCCCC(=O)NCCOCCOc2ccc(C(N)c3ccccc3)cc2)cc(C)c1C. The summed E-state index contributed by atoms with van der Waals surface area (Å²) in [6, 6.07) is 21.5. The van der Waals surface area contributed by atoms with Crippen molar-refractivity contribution in [1.82, 2.24) is 5.32 Å². The number of ether oxygens (including phenoxy) is 3. The van der Waals surface area contributed by atoms with Crippen LogP contribution in [0.4, 0.5) is 0 Å². The monoisotopic (exact) mass is 700 g/mol. The third-order valence-electron chi connectivity index (χ3n) is 9.47. The molecule has 0 fully saturated rings. The minimum atomic E-state index is -0.174. The molecule has 7 nitrogen and oxygen atoms in total. The Morgan fingerprint density at radius 3 is 1.98 bits per heavy atom. The molecule has 1 atom stereocenters. The van der Waals surface area contributed by atoms with Crippen LogP contribution in [0.2, 0.25) is 0 Å². The van der Waals surface area contributed by atoms with Crippen molar-refractivity contribution in [3.05, 3.63) is 94.5 Å². The first kappa shape index (κ1) is 41.7. The number of ketones is 1. The summed E-state index contributed by atoms with van der Waals surface area (Å²) in [5.41, 5.74) is 11.3. The Hall–Kier alpha value is -3.68. The fourth-order valence-electron chi connectivity index (χ4n) is 6.10. The van der Waals surface area contributed by atoms with Crippen molar-refractivity contribution in [2.75, 3.05) is 33.0 Å². The van der Waals surface area contributed by atoms with Gasteiger partial charge in [-0.15, -0.1) is 0 Å². The van der Waals surface area contributed by atoms with Crippen molar-refractivity contribution in [2.45, 2.75) is 123 Å². The summed E-state index contributed by atoms with van der Waals surface area (Å²) in [5.74, 6) is 1.65. The number of unbranched alkanes of at least 4 members (excludes halogenated alkanes) is 11. The lowest BCUT2D eigenvalue weighted by Crippen LogP contribution is -2.27. The second kappa shape index (κ2) is 25.3. The largest absolute Gasteiger partial charge is 0.493 e. The zero-order valence-corrected chi connectivity index (χ0v) is 31.7. The number of hydrogen-bond donors (Lipinski definition) is 2. The van der Waals surface area contributed by atoms with E-state index in [1.807, 2.05) is 73.7 Å². The van der Waals surface area contributed by atoms with Crippen molar-refractivity contribution in [3.63, 3.8) is 0 Å². The molecule has 0 heterocycles. The van der Waals surface area contributed by atoms with Crippen LogP contribution in [0, 0.1) is 13.8 Å². The van der Waals surface area contributed by atoms with Gasteiger partial charge in [0.15, 0.2) is 5.78 Å². The van der Waals surface area contributed by atoms with Gasteiger partial charge in [0.05, 0.1) is 25.9 Å². The summed E-state index contributed by atoms with van der Waals surface area (Å²) in [5, 5.41) is 2.89. The van der Waals surface area contributed by atoms with E-state index in [1.54, 1.807) is 0 Å². The zero-order chi connectivity index (χ0) is 36.5. The van der Waals surface area contributed by atoms with Gasteiger partial charge in [-0.3, -0.25) is 9.59 Å². The maximum atomic E-state index is 13.0. The molecule has 51 heavy (non-hydrogen) atoms. The number of nitrogens with one attached hydrogen (secondary N) is 1. The fraction of sp³-hybridized carbons (Fsp3) is 0.545. The Kier molecular flexibility index (Phi) is 20.7. The maximum absolute atomic E-state index is 13.0. The highest BCUT2D eigenvalue weighted by Crippen LogP contribution is 2.26. The average Bonchev–Trinajstić information content (AvgIpc) is 3.15. The van der Waals surface area contributed by atoms with Crippen LogP contribution in [-0.4, -0.2) is 44.7 Å². The molecule has 0 spiro atoms. The van der Waals surface area contributed by atoms with Gasteiger partial charge < -0.3 is 25.3 Å². The average molecular weight is 701 g/mol. The van der Waals surface area contributed by atoms with Crippen molar-refractivity contribution in [3.8, 4) is 11.5 Å². The Morgan fingerprint density at radius 2 is 1.29 bits per heavy atom. The quantitative estimate of drug-likeness (QED) is 0.0578. The van der Waals surface area contributed by atoms with Crippen LogP contribution in [0.25, 0.3) is 0 Å². The molecule has 1 amide bonds. The minimum absolute atomic E-state index is 0.0274. The molecule has 3 N–H and O–H groups in total. The van der Waals surface area contributed by atoms with E-state index in [0.29, 0.717) is 64.2 Å². The van der Waals surface area contributed by atoms with E-state index in [1.165, 1.54) is 64.2 Å². The summed E-state index contributed by atoms with van der Waals surface area (Å²) in [6.45, 7) is 8.73. The Labute approximate surface area is 308 Å². The van der Waals surface area contributed by atoms with Crippen molar-refractivity contribution < 1.29 is 23.8 Å². The third-order valence-corrected chi connectivity index (χ3v) is 9.47. The van der Waals surface area contributed by atoms with Gasteiger partial charge in [0.25, 0.3) is 0 Å². The topological polar surface area (TPSA) is 99.9 Å². The summed E-state index contributed by atoms with van der Waals surface area (Å²) >= 11 is 0.